The maximum Gasteiger partial charge on any atom is 0.412 e. The molecule has 0 spiro atoms. The number of hydrogen-bond acceptors (Lipinski definition) is 8. The second-order valence-electron chi connectivity index (χ2n) is 11.5. The first kappa shape index (κ1) is 31.7. The third-order valence-corrected chi connectivity index (χ3v) is 5.67. The molecule has 0 aliphatic rings. The Hall–Kier alpha value is -4.48. The van der Waals surface area contributed by atoms with E-state index in [1.54, 1.807) is 65.8 Å². The summed E-state index contributed by atoms with van der Waals surface area (Å²) >= 11 is 0. The Morgan fingerprint density at radius 3 is 1.45 bits per heavy atom. The van der Waals surface area contributed by atoms with Gasteiger partial charge in [0, 0.05) is 17.8 Å². The molecule has 0 atom stereocenters. The first-order chi connectivity index (χ1) is 18.3. The summed E-state index contributed by atoms with van der Waals surface area (Å²) in [6.45, 7) is 10.2. The zero-order valence-electron chi connectivity index (χ0n) is 23.8. The van der Waals surface area contributed by atoms with Gasteiger partial charge in [0.2, 0.25) is 11.8 Å². The van der Waals surface area contributed by atoms with Crippen molar-refractivity contribution in [1.29, 1.82) is 0 Å². The summed E-state index contributed by atoms with van der Waals surface area (Å²) in [7, 11) is 0. The number of anilines is 4. The minimum Gasteiger partial charge on any atom is -0.444 e. The van der Waals surface area contributed by atoms with E-state index in [2.05, 4.69) is 10.6 Å². The average molecular weight is 557 g/mol. The maximum absolute atomic E-state index is 13.6. The van der Waals surface area contributed by atoms with Crippen molar-refractivity contribution in [2.24, 2.45) is 11.5 Å². The molecule has 2 aromatic carbocycles. The van der Waals surface area contributed by atoms with Gasteiger partial charge in [-0.05, 0) is 89.8 Å². The molecule has 0 radical (unpaired) electrons. The predicted octanol–water partition coefficient (Wildman–Crippen LogP) is 3.97. The van der Waals surface area contributed by atoms with E-state index in [0.29, 0.717) is 0 Å². The van der Waals surface area contributed by atoms with Crippen LogP contribution in [-0.4, -0.2) is 35.2 Å². The molecule has 0 aliphatic heterocycles. The molecule has 4 amide bonds. The number of nitrogens with two attached hydrogens (primary N) is 4. The summed E-state index contributed by atoms with van der Waals surface area (Å²) < 4.78 is 10.8. The van der Waals surface area contributed by atoms with Crippen molar-refractivity contribution in [3.8, 4) is 0 Å². The lowest BCUT2D eigenvalue weighted by Crippen LogP contribution is -2.44. The first-order valence-electron chi connectivity index (χ1n) is 12.7. The van der Waals surface area contributed by atoms with Crippen LogP contribution in [0.15, 0.2) is 36.4 Å². The fourth-order valence-electron chi connectivity index (χ4n) is 4.23. The Bertz CT molecular complexity index is 1200. The minimum atomic E-state index is -1.70. The van der Waals surface area contributed by atoms with Gasteiger partial charge in [0.05, 0.1) is 11.4 Å². The Morgan fingerprint density at radius 1 is 0.725 bits per heavy atom. The molecule has 0 saturated carbocycles. The van der Waals surface area contributed by atoms with Crippen molar-refractivity contribution in [3.05, 3.63) is 47.5 Å². The normalized spacial score (nSPS) is 11.8. The van der Waals surface area contributed by atoms with Crippen LogP contribution in [-0.2, 0) is 24.5 Å². The van der Waals surface area contributed by atoms with E-state index < -0.39 is 40.6 Å². The fraction of sp³-hybridized carbons (Fsp3) is 0.429. The van der Waals surface area contributed by atoms with Crippen LogP contribution >= 0.6 is 0 Å². The minimum absolute atomic E-state index is 0.0227. The molecule has 12 heteroatoms. The highest BCUT2D eigenvalue weighted by Gasteiger charge is 2.44. The molecule has 0 aromatic heterocycles. The van der Waals surface area contributed by atoms with Crippen LogP contribution in [0, 0.1) is 0 Å². The molecule has 12 nitrogen and oxygen atoms in total. The first-order valence-corrected chi connectivity index (χ1v) is 12.7. The predicted molar refractivity (Wildman–Crippen MR) is 154 cm³/mol. The van der Waals surface area contributed by atoms with E-state index >= 15 is 0 Å². The molecular formula is C28H40N6O6. The highest BCUT2D eigenvalue weighted by atomic mass is 16.6. The van der Waals surface area contributed by atoms with Crippen LogP contribution in [0.4, 0.5) is 32.3 Å². The number of ether oxygens (including phenoxy) is 2. The molecule has 0 bridgehead atoms. The molecule has 0 unspecified atom stereocenters. The zero-order chi connectivity index (χ0) is 30.5. The molecule has 0 heterocycles. The Labute approximate surface area is 234 Å². The Kier molecular flexibility index (Phi) is 9.63. The summed E-state index contributed by atoms with van der Waals surface area (Å²) in [5.74, 6) is -1.40. The fourth-order valence-corrected chi connectivity index (χ4v) is 4.23. The lowest BCUT2D eigenvalue weighted by molar-refractivity contribution is -0.123. The number of amides is 4. The quantitative estimate of drug-likeness (QED) is 0.248. The molecule has 0 fully saturated rings. The molecule has 0 aliphatic carbocycles. The SMILES string of the molecule is CC(C)(C)OC(=O)Nc1cc(N)ccc1C(CCCC(N)=O)(C(N)=O)c1ccc(N)cc1NC(=O)OC(C)(C)C. The van der Waals surface area contributed by atoms with Crippen molar-refractivity contribution < 1.29 is 28.7 Å². The van der Waals surface area contributed by atoms with Crippen molar-refractivity contribution in [2.45, 2.75) is 77.4 Å². The average Bonchev–Trinajstić information content (AvgIpc) is 2.74. The zero-order valence-corrected chi connectivity index (χ0v) is 23.8. The lowest BCUT2D eigenvalue weighted by Gasteiger charge is -2.35. The van der Waals surface area contributed by atoms with E-state index in [0.717, 1.165) is 0 Å². The highest BCUT2D eigenvalue weighted by molar-refractivity contribution is 5.99. The summed E-state index contributed by atoms with van der Waals surface area (Å²) in [5, 5.41) is 5.32. The largest absolute Gasteiger partial charge is 0.444 e. The number of carbonyl (C=O) groups is 4. The molecule has 10 N–H and O–H groups in total. The number of nitrogens with one attached hydrogen (secondary N) is 2. The van der Waals surface area contributed by atoms with Crippen molar-refractivity contribution in [3.63, 3.8) is 0 Å². The van der Waals surface area contributed by atoms with Crippen LogP contribution in [0.3, 0.4) is 0 Å². The van der Waals surface area contributed by atoms with Crippen LogP contribution in [0.2, 0.25) is 0 Å². The van der Waals surface area contributed by atoms with Gasteiger partial charge >= 0.3 is 12.2 Å². The van der Waals surface area contributed by atoms with E-state index in [4.69, 9.17) is 32.4 Å². The lowest BCUT2D eigenvalue weighted by atomic mass is 9.69. The summed E-state index contributed by atoms with van der Waals surface area (Å²) in [5.41, 5.74) is 21.6. The van der Waals surface area contributed by atoms with Gasteiger partial charge in [-0.2, -0.15) is 0 Å². The van der Waals surface area contributed by atoms with Crippen molar-refractivity contribution >= 4 is 46.8 Å². The molecular weight excluding hydrogens is 516 g/mol. The van der Waals surface area contributed by atoms with Gasteiger partial charge in [-0.15, -0.1) is 0 Å². The number of nitrogen functional groups attached to an aromatic ring is 2. The molecule has 40 heavy (non-hydrogen) atoms. The maximum atomic E-state index is 13.6. The van der Waals surface area contributed by atoms with Crippen LogP contribution in [0.5, 0.6) is 0 Å². The number of carbonyl (C=O) groups excluding carboxylic acids is 4. The third-order valence-electron chi connectivity index (χ3n) is 5.67. The monoisotopic (exact) mass is 556 g/mol. The number of hydrogen-bond donors (Lipinski definition) is 6. The Balaban J connectivity index is 2.83. The topological polar surface area (TPSA) is 215 Å². The van der Waals surface area contributed by atoms with Gasteiger partial charge in [-0.3, -0.25) is 20.2 Å². The summed E-state index contributed by atoms with van der Waals surface area (Å²) in [6.07, 6.45) is -1.52. The van der Waals surface area contributed by atoms with E-state index in [1.807, 2.05) is 0 Å². The van der Waals surface area contributed by atoms with E-state index in [9.17, 15) is 19.2 Å². The van der Waals surface area contributed by atoms with Gasteiger partial charge in [0.25, 0.3) is 0 Å². The summed E-state index contributed by atoms with van der Waals surface area (Å²) in [6, 6.07) is 9.10. The van der Waals surface area contributed by atoms with E-state index in [1.165, 1.54) is 12.1 Å². The van der Waals surface area contributed by atoms with E-state index in [-0.39, 0.29) is 53.1 Å². The van der Waals surface area contributed by atoms with Crippen molar-refractivity contribution in [1.82, 2.24) is 0 Å². The van der Waals surface area contributed by atoms with Crippen LogP contribution < -0.4 is 33.6 Å². The Morgan fingerprint density at radius 2 is 1.12 bits per heavy atom. The van der Waals surface area contributed by atoms with Crippen LogP contribution in [0.1, 0.15) is 71.9 Å². The van der Waals surface area contributed by atoms with Gasteiger partial charge in [-0.25, -0.2) is 9.59 Å². The number of rotatable bonds is 9. The molecule has 2 aromatic rings. The molecule has 0 saturated heterocycles. The number of primary amides is 2. The van der Waals surface area contributed by atoms with Crippen LogP contribution in [0.25, 0.3) is 0 Å². The summed E-state index contributed by atoms with van der Waals surface area (Å²) in [4.78, 5) is 50.7. The third kappa shape index (κ3) is 8.52. The number of benzene rings is 2. The second-order valence-corrected chi connectivity index (χ2v) is 11.5. The van der Waals surface area contributed by atoms with Crippen molar-refractivity contribution in [2.75, 3.05) is 22.1 Å². The van der Waals surface area contributed by atoms with Gasteiger partial charge in [0.1, 0.15) is 16.6 Å². The highest BCUT2D eigenvalue weighted by Crippen LogP contribution is 2.45. The van der Waals surface area contributed by atoms with Gasteiger partial charge < -0.3 is 32.4 Å². The smallest absolute Gasteiger partial charge is 0.412 e. The molecule has 2 rings (SSSR count). The van der Waals surface area contributed by atoms with Gasteiger partial charge in [-0.1, -0.05) is 12.1 Å². The van der Waals surface area contributed by atoms with Gasteiger partial charge in [0.15, 0.2) is 0 Å². The molecule has 218 valence electrons. The standard InChI is InChI=1S/C28H40N6O6/c1-26(2,3)39-24(37)33-20-14-16(29)9-11-18(20)28(23(32)36,13-7-8-22(31)35)19-12-10-17(30)15-21(19)34-25(38)40-27(4,5)6/h9-12,14-15H,7-8,13,29-30H2,1-6H3,(H2,31,35)(H2,32,36)(H,33,37)(H,34,38). The second kappa shape index (κ2) is 12.1.